The highest BCUT2D eigenvalue weighted by atomic mass is 32.1. The molecule has 0 N–H and O–H groups in total. The molecule has 1 nitrogen and oxygen atoms in total. The van der Waals surface area contributed by atoms with Gasteiger partial charge in [0, 0.05) is 15.7 Å². The van der Waals surface area contributed by atoms with Gasteiger partial charge >= 0.3 is 0 Å². The zero-order chi connectivity index (χ0) is 21.6. The molecule has 0 amide bonds. The number of aryl methyl sites for hydroxylation is 1. The molecule has 0 aliphatic carbocycles. The summed E-state index contributed by atoms with van der Waals surface area (Å²) in [4.78, 5) is 2.58. The standard InChI is InChI=1S/C28H25FOS/c1-20-3-10-23(11-4-20)27-17-18-28(31-27)24(12-5-21-6-13-25(29)14-7-21)19-22-8-15-26(30-2)16-9-22/h3-18,24H,19H2,1-2H3/b12-5+/t24-/m1/s1. The van der Waals surface area contributed by atoms with E-state index in [0.717, 1.165) is 17.7 Å². The number of benzene rings is 3. The van der Waals surface area contributed by atoms with Gasteiger partial charge in [0.05, 0.1) is 7.11 Å². The molecule has 0 radical (unpaired) electrons. The van der Waals surface area contributed by atoms with E-state index in [9.17, 15) is 4.39 Å². The Hall–Kier alpha value is -3.17. The van der Waals surface area contributed by atoms with Crippen molar-refractivity contribution in [1.82, 2.24) is 0 Å². The fourth-order valence-electron chi connectivity index (χ4n) is 3.51. The van der Waals surface area contributed by atoms with Gasteiger partial charge in [-0.15, -0.1) is 11.3 Å². The Morgan fingerprint density at radius 2 is 1.58 bits per heavy atom. The van der Waals surface area contributed by atoms with E-state index in [4.69, 9.17) is 4.74 Å². The third kappa shape index (κ3) is 5.50. The Labute approximate surface area is 187 Å². The van der Waals surface area contributed by atoms with Crippen LogP contribution in [-0.2, 0) is 6.42 Å². The van der Waals surface area contributed by atoms with Gasteiger partial charge < -0.3 is 4.74 Å². The number of rotatable bonds is 7. The highest BCUT2D eigenvalue weighted by Gasteiger charge is 2.13. The van der Waals surface area contributed by atoms with Gasteiger partial charge in [-0.2, -0.15) is 0 Å². The van der Waals surface area contributed by atoms with E-state index in [1.165, 1.54) is 38.6 Å². The second-order valence-electron chi connectivity index (χ2n) is 7.64. The molecular formula is C28H25FOS. The van der Waals surface area contributed by atoms with Crippen LogP contribution in [0, 0.1) is 12.7 Å². The van der Waals surface area contributed by atoms with Gasteiger partial charge in [0.2, 0.25) is 0 Å². The number of hydrogen-bond acceptors (Lipinski definition) is 2. The first-order chi connectivity index (χ1) is 15.1. The number of allylic oxidation sites excluding steroid dienone is 1. The fraction of sp³-hybridized carbons (Fsp3) is 0.143. The molecule has 3 heteroatoms. The highest BCUT2D eigenvalue weighted by Crippen LogP contribution is 2.35. The van der Waals surface area contributed by atoms with Crippen molar-refractivity contribution in [2.75, 3.05) is 7.11 Å². The number of thiophene rings is 1. The summed E-state index contributed by atoms with van der Waals surface area (Å²) in [5.74, 6) is 0.871. The van der Waals surface area contributed by atoms with E-state index < -0.39 is 0 Å². The van der Waals surface area contributed by atoms with Crippen LogP contribution < -0.4 is 4.74 Å². The average molecular weight is 429 g/mol. The lowest BCUT2D eigenvalue weighted by Crippen LogP contribution is -1.98. The van der Waals surface area contributed by atoms with Crippen LogP contribution in [0.1, 0.15) is 27.5 Å². The molecule has 31 heavy (non-hydrogen) atoms. The third-order valence-corrected chi connectivity index (χ3v) is 6.60. The van der Waals surface area contributed by atoms with Crippen LogP contribution in [0.25, 0.3) is 16.5 Å². The van der Waals surface area contributed by atoms with Gasteiger partial charge in [0.15, 0.2) is 0 Å². The Kier molecular flexibility index (Phi) is 6.63. The second kappa shape index (κ2) is 9.76. The molecule has 156 valence electrons. The molecule has 4 rings (SSSR count). The molecule has 1 aromatic heterocycles. The molecule has 0 aliphatic heterocycles. The summed E-state index contributed by atoms with van der Waals surface area (Å²) in [5, 5.41) is 0. The summed E-state index contributed by atoms with van der Waals surface area (Å²) in [6.07, 6.45) is 5.19. The molecule has 0 fully saturated rings. The third-order valence-electron chi connectivity index (χ3n) is 5.33. The van der Waals surface area contributed by atoms with E-state index >= 15 is 0 Å². The van der Waals surface area contributed by atoms with Crippen LogP contribution >= 0.6 is 11.3 Å². The lowest BCUT2D eigenvalue weighted by molar-refractivity contribution is 0.414. The van der Waals surface area contributed by atoms with Crippen molar-refractivity contribution in [2.24, 2.45) is 0 Å². The first-order valence-electron chi connectivity index (χ1n) is 10.3. The normalized spacial score (nSPS) is 12.2. The molecule has 0 aliphatic rings. The maximum absolute atomic E-state index is 13.3. The molecule has 0 saturated heterocycles. The topological polar surface area (TPSA) is 9.23 Å². The number of ether oxygens (including phenoxy) is 1. The molecule has 1 atom stereocenters. The van der Waals surface area contributed by atoms with Crippen LogP contribution in [0.2, 0.25) is 0 Å². The van der Waals surface area contributed by atoms with Crippen molar-refractivity contribution < 1.29 is 9.13 Å². The van der Waals surface area contributed by atoms with Crippen molar-refractivity contribution in [3.8, 4) is 16.2 Å². The molecular weight excluding hydrogens is 403 g/mol. The molecule has 0 bridgehead atoms. The smallest absolute Gasteiger partial charge is 0.123 e. The van der Waals surface area contributed by atoms with Crippen molar-refractivity contribution in [2.45, 2.75) is 19.3 Å². The van der Waals surface area contributed by atoms with Crippen LogP contribution in [0.15, 0.2) is 91.0 Å². The summed E-state index contributed by atoms with van der Waals surface area (Å²) < 4.78 is 18.5. The lowest BCUT2D eigenvalue weighted by atomic mass is 9.96. The molecule has 0 saturated carbocycles. The van der Waals surface area contributed by atoms with Crippen molar-refractivity contribution in [1.29, 1.82) is 0 Å². The predicted molar refractivity (Wildman–Crippen MR) is 129 cm³/mol. The van der Waals surface area contributed by atoms with Crippen molar-refractivity contribution in [3.05, 3.63) is 118 Å². The Morgan fingerprint density at radius 1 is 0.871 bits per heavy atom. The monoisotopic (exact) mass is 428 g/mol. The molecule has 4 aromatic rings. The fourth-order valence-corrected chi connectivity index (χ4v) is 4.60. The SMILES string of the molecule is COc1ccc(C[C@@H](/C=C/c2ccc(F)cc2)c2ccc(-c3ccc(C)cc3)s2)cc1. The summed E-state index contributed by atoms with van der Waals surface area (Å²) >= 11 is 1.83. The minimum Gasteiger partial charge on any atom is -0.497 e. The van der Waals surface area contributed by atoms with Gasteiger partial charge in [-0.1, -0.05) is 66.2 Å². The lowest BCUT2D eigenvalue weighted by Gasteiger charge is -2.12. The second-order valence-corrected chi connectivity index (χ2v) is 8.75. The molecule has 0 spiro atoms. The largest absolute Gasteiger partial charge is 0.497 e. The van der Waals surface area contributed by atoms with Gasteiger partial charge in [-0.25, -0.2) is 4.39 Å². The van der Waals surface area contributed by atoms with Crippen molar-refractivity contribution in [3.63, 3.8) is 0 Å². The first-order valence-corrected chi connectivity index (χ1v) is 11.2. The quantitative estimate of drug-likeness (QED) is 0.290. The maximum Gasteiger partial charge on any atom is 0.123 e. The first kappa shape index (κ1) is 21.1. The Bertz CT molecular complexity index is 1140. The van der Waals surface area contributed by atoms with Gasteiger partial charge in [-0.05, 0) is 66.4 Å². The summed E-state index contributed by atoms with van der Waals surface area (Å²) in [5.41, 5.74) is 4.75. The Balaban J connectivity index is 1.62. The van der Waals surface area contributed by atoms with Crippen molar-refractivity contribution >= 4 is 17.4 Å². The van der Waals surface area contributed by atoms with E-state index in [-0.39, 0.29) is 11.7 Å². The maximum atomic E-state index is 13.3. The number of methoxy groups -OCH3 is 1. The van der Waals surface area contributed by atoms with Crippen LogP contribution in [0.3, 0.4) is 0 Å². The van der Waals surface area contributed by atoms with Crippen LogP contribution in [-0.4, -0.2) is 7.11 Å². The van der Waals surface area contributed by atoms with E-state index in [2.05, 4.69) is 67.6 Å². The predicted octanol–water partition coefficient (Wildman–Crippen LogP) is 7.91. The van der Waals surface area contributed by atoms with E-state index in [1.807, 2.05) is 35.6 Å². The number of hydrogen-bond donors (Lipinski definition) is 0. The minimum atomic E-state index is -0.215. The summed E-state index contributed by atoms with van der Waals surface area (Å²) in [7, 11) is 1.68. The summed E-state index contributed by atoms with van der Waals surface area (Å²) in [6, 6.07) is 27.9. The Morgan fingerprint density at radius 3 is 2.26 bits per heavy atom. The summed E-state index contributed by atoms with van der Waals surface area (Å²) in [6.45, 7) is 2.11. The van der Waals surface area contributed by atoms with E-state index in [1.54, 1.807) is 7.11 Å². The van der Waals surface area contributed by atoms with Crippen LogP contribution in [0.4, 0.5) is 4.39 Å². The van der Waals surface area contributed by atoms with E-state index in [0.29, 0.717) is 0 Å². The average Bonchev–Trinajstić information content (AvgIpc) is 3.29. The van der Waals surface area contributed by atoms with Gasteiger partial charge in [0.25, 0.3) is 0 Å². The molecule has 1 heterocycles. The minimum absolute atomic E-state index is 0.215. The molecule has 0 unspecified atom stereocenters. The zero-order valence-electron chi connectivity index (χ0n) is 17.7. The highest BCUT2D eigenvalue weighted by molar-refractivity contribution is 7.15. The van der Waals surface area contributed by atoms with Crippen LogP contribution in [0.5, 0.6) is 5.75 Å². The van der Waals surface area contributed by atoms with Gasteiger partial charge in [0.1, 0.15) is 11.6 Å². The van der Waals surface area contributed by atoms with Gasteiger partial charge in [-0.3, -0.25) is 0 Å². The number of halogens is 1. The zero-order valence-corrected chi connectivity index (χ0v) is 18.5. The molecule has 3 aromatic carbocycles.